The van der Waals surface area contributed by atoms with Crippen LogP contribution in [0.25, 0.3) is 11.3 Å². The molecular weight excluding hydrogens is 474 g/mol. The summed E-state index contributed by atoms with van der Waals surface area (Å²) in [5.74, 6) is 1.31. The van der Waals surface area contributed by atoms with Crippen molar-refractivity contribution < 1.29 is 14.3 Å². The van der Waals surface area contributed by atoms with Gasteiger partial charge < -0.3 is 15.0 Å². The molecule has 2 aromatic carbocycles. The summed E-state index contributed by atoms with van der Waals surface area (Å²) in [5.41, 5.74) is 4.50. The van der Waals surface area contributed by atoms with Gasteiger partial charge in [0, 0.05) is 38.2 Å². The van der Waals surface area contributed by atoms with E-state index in [1.165, 1.54) is 12.5 Å². The average molecular weight is 514 g/mol. The third kappa shape index (κ3) is 8.44. The quantitative estimate of drug-likeness (QED) is 0.388. The number of nitrogens with one attached hydrogen (secondary N) is 1. The number of hydrogen-bond acceptors (Lipinski definition) is 5. The number of rotatable bonds is 8. The van der Waals surface area contributed by atoms with E-state index in [2.05, 4.69) is 57.7 Å². The molecule has 6 heteroatoms. The Morgan fingerprint density at radius 1 is 0.974 bits per heavy atom. The fourth-order valence-corrected chi connectivity index (χ4v) is 5.02. The summed E-state index contributed by atoms with van der Waals surface area (Å²) in [6, 6.07) is 23.0. The predicted molar refractivity (Wildman–Crippen MR) is 152 cm³/mol. The van der Waals surface area contributed by atoms with Crippen LogP contribution in [0.5, 0.6) is 5.75 Å². The number of amides is 1. The van der Waals surface area contributed by atoms with Gasteiger partial charge in [0.05, 0.1) is 24.5 Å². The third-order valence-corrected chi connectivity index (χ3v) is 7.18. The molecule has 0 saturated carbocycles. The van der Waals surface area contributed by atoms with Crippen LogP contribution in [0.4, 0.5) is 5.69 Å². The number of benzene rings is 2. The number of aromatic nitrogens is 1. The number of carbonyl (C=O) groups excluding carboxylic acids is 2. The van der Waals surface area contributed by atoms with Gasteiger partial charge in [-0.2, -0.15) is 0 Å². The van der Waals surface area contributed by atoms with E-state index in [-0.39, 0.29) is 18.2 Å². The van der Waals surface area contributed by atoms with Crippen LogP contribution in [-0.2, 0) is 16.1 Å². The molecule has 1 amide bonds. The summed E-state index contributed by atoms with van der Waals surface area (Å²) in [6.45, 7) is 3.99. The number of fused-ring (bicyclic) bond motifs is 1. The van der Waals surface area contributed by atoms with Crippen LogP contribution in [-0.4, -0.2) is 36.4 Å². The minimum atomic E-state index is -0.160. The van der Waals surface area contributed by atoms with E-state index in [4.69, 9.17) is 4.74 Å². The lowest BCUT2D eigenvalue weighted by atomic mass is 9.92. The fraction of sp³-hybridized carbons (Fsp3) is 0.406. The molecule has 3 aromatic rings. The molecule has 2 heterocycles. The maximum Gasteiger partial charge on any atom is 0.217 e. The fourth-order valence-electron chi connectivity index (χ4n) is 5.02. The van der Waals surface area contributed by atoms with Crippen LogP contribution in [0.15, 0.2) is 72.9 Å². The van der Waals surface area contributed by atoms with E-state index < -0.39 is 0 Å². The number of pyridine rings is 1. The molecule has 0 aliphatic carbocycles. The second kappa shape index (κ2) is 14.3. The van der Waals surface area contributed by atoms with Crippen molar-refractivity contribution in [2.24, 2.45) is 5.92 Å². The van der Waals surface area contributed by atoms with Gasteiger partial charge in [0.1, 0.15) is 5.75 Å². The Kier molecular flexibility index (Phi) is 10.3. The second-order valence-electron chi connectivity index (χ2n) is 10.1. The molecule has 0 spiro atoms. The van der Waals surface area contributed by atoms with Crippen LogP contribution in [0.3, 0.4) is 0 Å². The largest absolute Gasteiger partial charge is 0.491 e. The number of carbonyl (C=O) groups is 2. The molecule has 200 valence electrons. The highest BCUT2D eigenvalue weighted by Crippen LogP contribution is 2.32. The maximum atomic E-state index is 12.2. The lowest BCUT2D eigenvalue weighted by Crippen LogP contribution is -2.27. The molecule has 0 radical (unpaired) electrons. The standard InChI is InChI=1S/C32H39N3O3/c1-25(36)34-23-29(37)18-15-26-9-3-2-8-21-35(31-11-4-5-12-32(31)38-22-19-26)24-27-13-16-28(17-14-27)30-10-6-7-20-33-30/h4-7,10-14,16-17,20,26H,2-3,8-9,15,18-19,21-24H2,1H3,(H,34,36). The lowest BCUT2D eigenvalue weighted by molar-refractivity contribution is -0.124. The van der Waals surface area contributed by atoms with Crippen LogP contribution in [0.1, 0.15) is 57.4 Å². The van der Waals surface area contributed by atoms with Gasteiger partial charge in [-0.15, -0.1) is 0 Å². The number of anilines is 1. The van der Waals surface area contributed by atoms with Crippen molar-refractivity contribution in [2.45, 2.75) is 58.4 Å². The predicted octanol–water partition coefficient (Wildman–Crippen LogP) is 6.20. The summed E-state index contributed by atoms with van der Waals surface area (Å²) in [5, 5.41) is 2.61. The Hall–Kier alpha value is -3.67. The van der Waals surface area contributed by atoms with Crippen LogP contribution < -0.4 is 15.0 Å². The topological polar surface area (TPSA) is 71.5 Å². The van der Waals surface area contributed by atoms with Gasteiger partial charge in [0.25, 0.3) is 0 Å². The first-order valence-electron chi connectivity index (χ1n) is 13.8. The van der Waals surface area contributed by atoms with Crippen molar-refractivity contribution in [1.82, 2.24) is 10.3 Å². The lowest BCUT2D eigenvalue weighted by Gasteiger charge is -2.28. The molecule has 1 atom stereocenters. The highest BCUT2D eigenvalue weighted by molar-refractivity contribution is 5.85. The van der Waals surface area contributed by atoms with Crippen LogP contribution in [0, 0.1) is 5.92 Å². The number of ketones is 1. The zero-order valence-electron chi connectivity index (χ0n) is 22.4. The first-order chi connectivity index (χ1) is 18.6. The van der Waals surface area contributed by atoms with E-state index in [9.17, 15) is 9.59 Å². The number of nitrogens with zero attached hydrogens (tertiary/aromatic N) is 2. The van der Waals surface area contributed by atoms with E-state index >= 15 is 0 Å². The van der Waals surface area contributed by atoms with E-state index in [0.717, 1.165) is 74.3 Å². The van der Waals surface area contributed by atoms with Crippen molar-refractivity contribution in [3.63, 3.8) is 0 Å². The molecule has 0 saturated heterocycles. The molecular formula is C32H39N3O3. The second-order valence-corrected chi connectivity index (χ2v) is 10.1. The van der Waals surface area contributed by atoms with Gasteiger partial charge in [-0.1, -0.05) is 61.7 Å². The average Bonchev–Trinajstić information content (AvgIpc) is 2.94. The zero-order chi connectivity index (χ0) is 26.6. The number of ether oxygens (including phenoxy) is 1. The Balaban J connectivity index is 1.39. The zero-order valence-corrected chi connectivity index (χ0v) is 22.4. The number of Topliss-reactive ketones (excluding diaryl/α,β-unsaturated/α-hetero) is 1. The van der Waals surface area contributed by atoms with Crippen molar-refractivity contribution >= 4 is 17.4 Å². The molecule has 1 N–H and O–H groups in total. The first kappa shape index (κ1) is 27.4. The van der Waals surface area contributed by atoms with E-state index in [0.29, 0.717) is 18.9 Å². The van der Waals surface area contributed by atoms with E-state index in [1.54, 1.807) is 0 Å². The normalized spacial score (nSPS) is 16.3. The van der Waals surface area contributed by atoms with Crippen molar-refractivity contribution in [1.29, 1.82) is 0 Å². The smallest absolute Gasteiger partial charge is 0.217 e. The molecule has 38 heavy (non-hydrogen) atoms. The molecule has 6 nitrogen and oxygen atoms in total. The van der Waals surface area contributed by atoms with E-state index in [1.807, 2.05) is 30.5 Å². The van der Waals surface area contributed by atoms with Crippen molar-refractivity contribution in [2.75, 3.05) is 24.6 Å². The molecule has 0 fully saturated rings. The van der Waals surface area contributed by atoms with Crippen molar-refractivity contribution in [3.8, 4) is 17.0 Å². The van der Waals surface area contributed by atoms with Crippen molar-refractivity contribution in [3.05, 3.63) is 78.5 Å². The van der Waals surface area contributed by atoms with Crippen LogP contribution >= 0.6 is 0 Å². The number of hydrogen-bond donors (Lipinski definition) is 1. The SMILES string of the molecule is CC(=O)NCC(=O)CCC1CCCCCN(Cc2ccc(-c3ccccn3)cc2)c2ccccc2OCC1. The van der Waals surface area contributed by atoms with Gasteiger partial charge in [-0.05, 0) is 55.0 Å². The van der Waals surface area contributed by atoms with Gasteiger partial charge in [-0.3, -0.25) is 14.6 Å². The summed E-state index contributed by atoms with van der Waals surface area (Å²) in [7, 11) is 0. The minimum absolute atomic E-state index is 0.0984. The molecule has 1 aliphatic rings. The first-order valence-corrected chi connectivity index (χ1v) is 13.8. The monoisotopic (exact) mass is 513 g/mol. The Morgan fingerprint density at radius 2 is 1.79 bits per heavy atom. The Labute approximate surface area is 226 Å². The molecule has 1 aliphatic heterocycles. The van der Waals surface area contributed by atoms with Gasteiger partial charge in [0.15, 0.2) is 5.78 Å². The van der Waals surface area contributed by atoms with Gasteiger partial charge in [0.2, 0.25) is 5.91 Å². The minimum Gasteiger partial charge on any atom is -0.491 e. The molecule has 4 rings (SSSR count). The number of para-hydroxylation sites is 2. The Morgan fingerprint density at radius 3 is 2.58 bits per heavy atom. The molecule has 1 aromatic heterocycles. The highest BCUT2D eigenvalue weighted by Gasteiger charge is 2.17. The Bertz CT molecular complexity index is 1160. The summed E-state index contributed by atoms with van der Waals surface area (Å²) < 4.78 is 6.33. The summed E-state index contributed by atoms with van der Waals surface area (Å²) in [6.07, 6.45) is 8.64. The molecule has 1 unspecified atom stereocenters. The summed E-state index contributed by atoms with van der Waals surface area (Å²) >= 11 is 0. The summed E-state index contributed by atoms with van der Waals surface area (Å²) in [4.78, 5) is 30.1. The van der Waals surface area contributed by atoms with Gasteiger partial charge in [-0.25, -0.2) is 0 Å². The third-order valence-electron chi connectivity index (χ3n) is 7.18. The molecule has 0 bridgehead atoms. The van der Waals surface area contributed by atoms with Gasteiger partial charge >= 0.3 is 0 Å². The van der Waals surface area contributed by atoms with Crippen LogP contribution in [0.2, 0.25) is 0 Å². The maximum absolute atomic E-state index is 12.2. The highest BCUT2D eigenvalue weighted by atomic mass is 16.5.